The molecule has 1 aliphatic heterocycles. The Morgan fingerprint density at radius 1 is 1.05 bits per heavy atom. The van der Waals surface area contributed by atoms with Crippen LogP contribution in [0.3, 0.4) is 0 Å². The van der Waals surface area contributed by atoms with Crippen molar-refractivity contribution >= 4 is 28.7 Å². The summed E-state index contributed by atoms with van der Waals surface area (Å²) in [6.45, 7) is 11.3. The monoisotopic (exact) mass is 893 g/mol. The average Bonchev–Trinajstić information content (AvgIpc) is 3.94. The van der Waals surface area contributed by atoms with Crippen molar-refractivity contribution in [2.45, 2.75) is 115 Å². The van der Waals surface area contributed by atoms with Gasteiger partial charge in [0.15, 0.2) is 34.3 Å². The number of alkyl halides is 1. The SMILES string of the molecule is CC1(C)O[C@@H]2C[C@H]3[C@@H]4CCC5=CC(=O)C=C[C@]5(C)[C@@]4(F)[C@@H](O)C[C@]3(C)[C@]2(C(=O)CO)O1.CCC(=O)O[C@](Cc1ccccc1)(c1ccccc1)[C@H](C)CN(C)C.c1ncc2[nH]cnc2n1. The number of aromatic nitrogens is 4. The maximum atomic E-state index is 17.1. The summed E-state index contributed by atoms with van der Waals surface area (Å²) in [5.41, 5.74) is -1.54. The van der Waals surface area contributed by atoms with Gasteiger partial charge in [-0.2, -0.15) is 0 Å². The third-order valence-electron chi connectivity index (χ3n) is 14.9. The van der Waals surface area contributed by atoms with Crippen molar-refractivity contribution in [3.05, 3.63) is 114 Å². The van der Waals surface area contributed by atoms with Crippen LogP contribution in [0.15, 0.2) is 103 Å². The Kier molecular flexibility index (Phi) is 13.5. The molecule has 13 nitrogen and oxygen atoms in total. The van der Waals surface area contributed by atoms with E-state index in [-0.39, 0.29) is 30.0 Å². The Labute approximate surface area is 380 Å². The van der Waals surface area contributed by atoms with Gasteiger partial charge in [0.2, 0.25) is 0 Å². The van der Waals surface area contributed by atoms with Gasteiger partial charge in [0.05, 0.1) is 24.7 Å². The molecule has 0 unspecified atom stereocenters. The molecule has 0 bridgehead atoms. The van der Waals surface area contributed by atoms with Gasteiger partial charge >= 0.3 is 5.97 Å². The number of ether oxygens (including phenoxy) is 3. The van der Waals surface area contributed by atoms with Crippen molar-refractivity contribution in [3.8, 4) is 0 Å². The second kappa shape index (κ2) is 18.4. The number of halogens is 1. The van der Waals surface area contributed by atoms with Crippen LogP contribution in [0.1, 0.15) is 84.8 Å². The van der Waals surface area contributed by atoms with Crippen LogP contribution >= 0.6 is 0 Å². The van der Waals surface area contributed by atoms with Crippen LogP contribution in [0.5, 0.6) is 0 Å². The quantitative estimate of drug-likeness (QED) is 0.139. The molecule has 0 spiro atoms. The number of aliphatic hydroxyl groups is 2. The number of Topliss-reactive ketones (excluding diaryl/α,β-unsaturated/α-hetero) is 1. The summed E-state index contributed by atoms with van der Waals surface area (Å²) in [5, 5.41) is 21.2. The Hall–Kier alpha value is -4.99. The summed E-state index contributed by atoms with van der Waals surface area (Å²) < 4.78 is 35.7. The highest BCUT2D eigenvalue weighted by Crippen LogP contribution is 2.72. The lowest BCUT2D eigenvalue weighted by atomic mass is 9.44. The summed E-state index contributed by atoms with van der Waals surface area (Å²) >= 11 is 0. The lowest BCUT2D eigenvalue weighted by molar-refractivity contribution is -0.246. The fraction of sp³-hybridized carbons (Fsp3) is 0.529. The number of benzene rings is 2. The largest absolute Gasteiger partial charge is 0.453 e. The van der Waals surface area contributed by atoms with Crippen LogP contribution in [0, 0.1) is 28.6 Å². The van der Waals surface area contributed by atoms with Crippen molar-refractivity contribution < 1.29 is 43.2 Å². The molecule has 0 amide bonds. The molecule has 4 aliphatic carbocycles. The third kappa shape index (κ3) is 8.41. The molecule has 2 aromatic carbocycles. The standard InChI is InChI=1S/C24H31FO6.C22H29NO2.C5H4N4/c1-20(2)30-19-10-16-15-6-5-13-9-14(27)7-8-21(13,3)23(15,25)17(28)11-22(16,4)24(19,31-20)18(29)12-26;1-5-21(24)25-22(18(2)17-23(3)4,20-14-10-7-11-15-20)16-19-12-8-6-9-13-19;1-4-5(8-2-6-1)9-3-7-4/h7-9,15-17,19,26,28H,5-6,10-12H2,1-4H3;6-15,18H,5,16-17H2,1-4H3;1-3H,(H,6,7,8,9)/t15-,16-,17-,19+,21-,22-,23-,24+;18-,22+;/m01./s1. The number of hydrogen-bond acceptors (Lipinski definition) is 12. The molecule has 1 saturated heterocycles. The van der Waals surface area contributed by atoms with E-state index in [1.165, 1.54) is 24.0 Å². The smallest absolute Gasteiger partial charge is 0.306 e. The Bertz CT molecular complexity index is 2380. The van der Waals surface area contributed by atoms with E-state index in [1.54, 1.807) is 39.4 Å². The molecular formula is C51H64FN5O8. The van der Waals surface area contributed by atoms with E-state index < -0.39 is 64.0 Å². The first-order chi connectivity index (χ1) is 30.8. The van der Waals surface area contributed by atoms with Gasteiger partial charge in [0.25, 0.3) is 0 Å². The van der Waals surface area contributed by atoms with Crippen LogP contribution in [0.4, 0.5) is 4.39 Å². The van der Waals surface area contributed by atoms with Crippen molar-refractivity contribution in [2.24, 2.45) is 28.6 Å². The van der Waals surface area contributed by atoms with Crippen LogP contribution in [-0.2, 0) is 40.6 Å². The molecule has 3 heterocycles. The summed E-state index contributed by atoms with van der Waals surface area (Å²) in [7, 11) is 4.10. The number of hydrogen-bond donors (Lipinski definition) is 3. The first-order valence-corrected chi connectivity index (χ1v) is 22.7. The lowest BCUT2D eigenvalue weighted by Gasteiger charge is -2.62. The topological polar surface area (TPSA) is 177 Å². The number of aromatic amines is 1. The lowest BCUT2D eigenvalue weighted by Crippen LogP contribution is -2.70. The van der Waals surface area contributed by atoms with E-state index in [0.717, 1.165) is 23.2 Å². The zero-order valence-corrected chi connectivity index (χ0v) is 38.8. The minimum absolute atomic E-state index is 0.0109. The van der Waals surface area contributed by atoms with E-state index in [0.29, 0.717) is 37.8 Å². The molecule has 3 saturated carbocycles. The van der Waals surface area contributed by atoms with Gasteiger partial charge in [-0.15, -0.1) is 0 Å². The maximum absolute atomic E-state index is 17.1. The van der Waals surface area contributed by atoms with Crippen LogP contribution in [0.25, 0.3) is 11.2 Å². The van der Waals surface area contributed by atoms with Crippen LogP contribution in [0.2, 0.25) is 0 Å². The van der Waals surface area contributed by atoms with Gasteiger partial charge in [-0.1, -0.05) is 93.1 Å². The van der Waals surface area contributed by atoms with Crippen molar-refractivity contribution in [1.29, 1.82) is 0 Å². The Morgan fingerprint density at radius 3 is 2.38 bits per heavy atom. The number of rotatable bonds is 10. The van der Waals surface area contributed by atoms with Gasteiger partial charge in [-0.05, 0) is 89.7 Å². The summed E-state index contributed by atoms with van der Waals surface area (Å²) in [6.07, 6.45) is 9.80. The maximum Gasteiger partial charge on any atom is 0.306 e. The number of H-pyrrole nitrogens is 1. The van der Waals surface area contributed by atoms with Crippen LogP contribution < -0.4 is 0 Å². The molecule has 0 radical (unpaired) electrons. The van der Waals surface area contributed by atoms with Gasteiger partial charge in [0, 0.05) is 42.1 Å². The average molecular weight is 894 g/mol. The summed E-state index contributed by atoms with van der Waals surface area (Å²) in [5.74, 6) is -2.48. The Morgan fingerprint density at radius 2 is 1.74 bits per heavy atom. The molecule has 2 aromatic heterocycles. The van der Waals surface area contributed by atoms with E-state index in [2.05, 4.69) is 70.1 Å². The number of fused-ring (bicyclic) bond motifs is 8. The van der Waals surface area contributed by atoms with Crippen LogP contribution in [-0.4, -0.2) is 109 Å². The van der Waals surface area contributed by atoms with E-state index in [4.69, 9.17) is 14.2 Å². The van der Waals surface area contributed by atoms with E-state index in [9.17, 15) is 24.6 Å². The number of ketones is 2. The molecular weight excluding hydrogens is 830 g/mol. The number of imidazole rings is 1. The molecule has 65 heavy (non-hydrogen) atoms. The Balaban J connectivity index is 0.000000165. The minimum Gasteiger partial charge on any atom is -0.453 e. The van der Waals surface area contributed by atoms with E-state index >= 15 is 4.39 Å². The van der Waals surface area contributed by atoms with Gasteiger partial charge in [0.1, 0.15) is 24.1 Å². The molecule has 9 rings (SSSR count). The fourth-order valence-corrected chi connectivity index (χ4v) is 12.0. The molecule has 5 aliphatic rings. The first kappa shape index (κ1) is 48.0. The summed E-state index contributed by atoms with van der Waals surface area (Å²) in [4.78, 5) is 54.1. The highest BCUT2D eigenvalue weighted by molar-refractivity contribution is 6.01. The van der Waals surface area contributed by atoms with Gasteiger partial charge < -0.3 is 34.3 Å². The second-order valence-corrected chi connectivity index (χ2v) is 19.5. The van der Waals surface area contributed by atoms with Gasteiger partial charge in [-0.25, -0.2) is 19.3 Å². The second-order valence-electron chi connectivity index (χ2n) is 19.5. The molecule has 14 heteroatoms. The number of esters is 1. The minimum atomic E-state index is -1.98. The zero-order chi connectivity index (χ0) is 47.0. The highest BCUT2D eigenvalue weighted by atomic mass is 19.1. The number of aliphatic hydroxyl groups excluding tert-OH is 2. The number of nitrogens with one attached hydrogen (secondary N) is 1. The molecule has 4 fully saturated rings. The predicted octanol–water partition coefficient (Wildman–Crippen LogP) is 7.05. The normalized spacial score (nSPS) is 31.9. The van der Waals surface area contributed by atoms with Crippen molar-refractivity contribution in [3.63, 3.8) is 0 Å². The number of allylic oxidation sites excluding steroid dienone is 4. The number of carbonyl (C=O) groups excluding carboxylic acids is 3. The fourth-order valence-electron chi connectivity index (χ4n) is 12.0. The third-order valence-corrected chi connectivity index (χ3v) is 14.9. The highest BCUT2D eigenvalue weighted by Gasteiger charge is 2.80. The van der Waals surface area contributed by atoms with Crippen molar-refractivity contribution in [2.75, 3.05) is 27.2 Å². The van der Waals surface area contributed by atoms with E-state index in [1.807, 2.05) is 50.2 Å². The molecule has 10 atom stereocenters. The van der Waals surface area contributed by atoms with Crippen molar-refractivity contribution in [1.82, 2.24) is 24.8 Å². The van der Waals surface area contributed by atoms with Gasteiger partial charge in [-0.3, -0.25) is 14.4 Å². The molecule has 3 N–H and O–H groups in total. The predicted molar refractivity (Wildman–Crippen MR) is 243 cm³/mol. The molecule has 4 aromatic rings. The summed E-state index contributed by atoms with van der Waals surface area (Å²) in [6, 6.07) is 20.4. The first-order valence-electron chi connectivity index (χ1n) is 22.7. The zero-order valence-electron chi connectivity index (χ0n) is 38.8. The number of nitrogens with zero attached hydrogens (tertiary/aromatic N) is 4. The molecule has 348 valence electrons. The number of carbonyl (C=O) groups is 3.